The Morgan fingerprint density at radius 1 is 1.06 bits per heavy atom. The third-order valence-electron chi connectivity index (χ3n) is 2.25. The number of anilines is 1. The number of nitrogen functional groups attached to an aromatic ring is 1. The summed E-state index contributed by atoms with van der Waals surface area (Å²) in [4.78, 5) is 1.55. The lowest BCUT2D eigenvalue weighted by Gasteiger charge is -2.06. The van der Waals surface area contributed by atoms with Crippen molar-refractivity contribution in [3.63, 3.8) is 0 Å². The van der Waals surface area contributed by atoms with Crippen LogP contribution in [0.2, 0.25) is 0 Å². The van der Waals surface area contributed by atoms with Crippen LogP contribution in [-0.2, 0) is 10.1 Å². The van der Waals surface area contributed by atoms with Crippen molar-refractivity contribution in [3.8, 4) is 0 Å². The van der Waals surface area contributed by atoms with E-state index in [0.717, 1.165) is 9.79 Å². The zero-order chi connectivity index (χ0) is 13.2. The summed E-state index contributed by atoms with van der Waals surface area (Å²) in [6, 6.07) is 13.8. The highest BCUT2D eigenvalue weighted by Crippen LogP contribution is 2.32. The SMILES string of the molecule is Nc1cc(S(=O)(=O)O)ccc1Sc1ccccc1. The standard InChI is InChI=1S/C12H11NO3S2/c13-11-8-10(18(14,15)16)6-7-12(11)17-9-4-2-1-3-5-9/h1-8H,13H2,(H,14,15,16). The van der Waals surface area contributed by atoms with Gasteiger partial charge in [-0.2, -0.15) is 8.42 Å². The highest BCUT2D eigenvalue weighted by atomic mass is 32.2. The van der Waals surface area contributed by atoms with E-state index in [1.807, 2.05) is 30.3 Å². The van der Waals surface area contributed by atoms with Gasteiger partial charge in [-0.05, 0) is 30.3 Å². The molecule has 0 unspecified atom stereocenters. The van der Waals surface area contributed by atoms with Crippen LogP contribution in [-0.4, -0.2) is 13.0 Å². The number of rotatable bonds is 3. The first-order chi connectivity index (χ1) is 8.47. The molecule has 94 valence electrons. The van der Waals surface area contributed by atoms with Crippen molar-refractivity contribution < 1.29 is 13.0 Å². The van der Waals surface area contributed by atoms with Crippen molar-refractivity contribution in [2.24, 2.45) is 0 Å². The van der Waals surface area contributed by atoms with E-state index < -0.39 is 10.1 Å². The quantitative estimate of drug-likeness (QED) is 0.668. The molecule has 0 aliphatic rings. The topological polar surface area (TPSA) is 80.4 Å². The summed E-state index contributed by atoms with van der Waals surface area (Å²) < 4.78 is 30.8. The lowest BCUT2D eigenvalue weighted by Crippen LogP contribution is -1.99. The van der Waals surface area contributed by atoms with Gasteiger partial charge in [0.1, 0.15) is 0 Å². The van der Waals surface area contributed by atoms with Gasteiger partial charge >= 0.3 is 0 Å². The summed E-state index contributed by atoms with van der Waals surface area (Å²) in [5.74, 6) is 0. The Labute approximate surface area is 110 Å². The van der Waals surface area contributed by atoms with Crippen molar-refractivity contribution in [1.82, 2.24) is 0 Å². The lowest BCUT2D eigenvalue weighted by atomic mass is 10.3. The Balaban J connectivity index is 2.32. The number of benzene rings is 2. The minimum absolute atomic E-state index is 0.197. The molecular weight excluding hydrogens is 270 g/mol. The van der Waals surface area contributed by atoms with Gasteiger partial charge in [-0.15, -0.1) is 0 Å². The number of hydrogen-bond acceptors (Lipinski definition) is 4. The molecule has 0 bridgehead atoms. The first-order valence-corrected chi connectivity index (χ1v) is 7.32. The second kappa shape index (κ2) is 5.01. The van der Waals surface area contributed by atoms with Crippen molar-refractivity contribution in [1.29, 1.82) is 0 Å². The molecule has 0 saturated carbocycles. The van der Waals surface area contributed by atoms with Crippen LogP contribution in [0.25, 0.3) is 0 Å². The Bertz CT molecular complexity index is 654. The molecule has 0 spiro atoms. The molecule has 0 atom stereocenters. The zero-order valence-electron chi connectivity index (χ0n) is 9.28. The summed E-state index contributed by atoms with van der Waals surface area (Å²) in [5.41, 5.74) is 6.09. The van der Waals surface area contributed by atoms with E-state index in [-0.39, 0.29) is 4.90 Å². The van der Waals surface area contributed by atoms with E-state index in [0.29, 0.717) is 5.69 Å². The second-order valence-corrected chi connectivity index (χ2v) is 6.13. The molecule has 0 amide bonds. The molecule has 0 aliphatic carbocycles. The molecule has 2 aromatic rings. The van der Waals surface area contributed by atoms with Crippen LogP contribution in [0.1, 0.15) is 0 Å². The van der Waals surface area contributed by atoms with Gasteiger partial charge < -0.3 is 5.73 Å². The van der Waals surface area contributed by atoms with E-state index >= 15 is 0 Å². The van der Waals surface area contributed by atoms with Crippen LogP contribution < -0.4 is 5.73 Å². The van der Waals surface area contributed by atoms with Gasteiger partial charge in [-0.1, -0.05) is 30.0 Å². The van der Waals surface area contributed by atoms with Crippen LogP contribution in [0, 0.1) is 0 Å². The minimum atomic E-state index is -4.20. The van der Waals surface area contributed by atoms with Crippen LogP contribution >= 0.6 is 11.8 Å². The van der Waals surface area contributed by atoms with E-state index in [1.54, 1.807) is 6.07 Å². The highest BCUT2D eigenvalue weighted by molar-refractivity contribution is 7.99. The predicted molar refractivity (Wildman–Crippen MR) is 71.2 cm³/mol. The van der Waals surface area contributed by atoms with Gasteiger partial charge in [0, 0.05) is 15.5 Å². The van der Waals surface area contributed by atoms with E-state index in [4.69, 9.17) is 10.3 Å². The van der Waals surface area contributed by atoms with Gasteiger partial charge in [0.05, 0.1) is 4.90 Å². The summed E-state index contributed by atoms with van der Waals surface area (Å²) in [7, 11) is -4.20. The summed E-state index contributed by atoms with van der Waals surface area (Å²) in [6.07, 6.45) is 0. The molecule has 0 radical (unpaired) electrons. The average molecular weight is 281 g/mol. The van der Waals surface area contributed by atoms with Crippen LogP contribution in [0.5, 0.6) is 0 Å². The van der Waals surface area contributed by atoms with Crippen LogP contribution in [0.3, 0.4) is 0 Å². The third-order valence-corrected chi connectivity index (χ3v) is 4.20. The smallest absolute Gasteiger partial charge is 0.294 e. The Kier molecular flexibility index (Phi) is 3.60. The van der Waals surface area contributed by atoms with E-state index in [9.17, 15) is 8.42 Å². The number of hydrogen-bond donors (Lipinski definition) is 2. The summed E-state index contributed by atoms with van der Waals surface area (Å²) in [5, 5.41) is 0. The van der Waals surface area contributed by atoms with Gasteiger partial charge in [-0.3, -0.25) is 4.55 Å². The maximum Gasteiger partial charge on any atom is 0.294 e. The molecule has 4 nitrogen and oxygen atoms in total. The monoisotopic (exact) mass is 281 g/mol. The van der Waals surface area contributed by atoms with E-state index in [1.165, 1.54) is 23.9 Å². The van der Waals surface area contributed by atoms with Gasteiger partial charge in [-0.25, -0.2) is 0 Å². The second-order valence-electron chi connectivity index (χ2n) is 3.59. The fourth-order valence-electron chi connectivity index (χ4n) is 1.40. The van der Waals surface area contributed by atoms with Gasteiger partial charge in [0.2, 0.25) is 0 Å². The third kappa shape index (κ3) is 3.04. The molecule has 2 rings (SSSR count). The zero-order valence-corrected chi connectivity index (χ0v) is 10.9. The molecule has 6 heteroatoms. The minimum Gasteiger partial charge on any atom is -0.398 e. The Hall–Kier alpha value is -1.50. The molecule has 0 fully saturated rings. The summed E-state index contributed by atoms with van der Waals surface area (Å²) in [6.45, 7) is 0. The number of nitrogens with two attached hydrogens (primary N) is 1. The van der Waals surface area contributed by atoms with Crippen molar-refractivity contribution >= 4 is 27.6 Å². The molecule has 0 saturated heterocycles. The molecule has 3 N–H and O–H groups in total. The normalized spacial score (nSPS) is 11.4. The molecule has 0 aliphatic heterocycles. The van der Waals surface area contributed by atoms with Crippen LogP contribution in [0.4, 0.5) is 5.69 Å². The molecule has 18 heavy (non-hydrogen) atoms. The fourth-order valence-corrected chi connectivity index (χ4v) is 2.77. The average Bonchev–Trinajstić information content (AvgIpc) is 2.32. The molecule has 0 aromatic heterocycles. The van der Waals surface area contributed by atoms with Crippen molar-refractivity contribution in [2.75, 3.05) is 5.73 Å². The highest BCUT2D eigenvalue weighted by Gasteiger charge is 2.11. The predicted octanol–water partition coefficient (Wildman–Crippen LogP) is 2.67. The first-order valence-electron chi connectivity index (χ1n) is 5.07. The van der Waals surface area contributed by atoms with E-state index in [2.05, 4.69) is 0 Å². The van der Waals surface area contributed by atoms with Gasteiger partial charge in [0.15, 0.2) is 0 Å². The Morgan fingerprint density at radius 2 is 1.72 bits per heavy atom. The maximum atomic E-state index is 10.9. The van der Waals surface area contributed by atoms with Crippen LogP contribution in [0.15, 0.2) is 63.2 Å². The summed E-state index contributed by atoms with van der Waals surface area (Å²) >= 11 is 1.43. The van der Waals surface area contributed by atoms with Crippen molar-refractivity contribution in [2.45, 2.75) is 14.7 Å². The molecular formula is C12H11NO3S2. The molecule has 2 aromatic carbocycles. The van der Waals surface area contributed by atoms with Crippen molar-refractivity contribution in [3.05, 3.63) is 48.5 Å². The molecule has 0 heterocycles. The largest absolute Gasteiger partial charge is 0.398 e. The Morgan fingerprint density at radius 3 is 2.28 bits per heavy atom. The van der Waals surface area contributed by atoms with Gasteiger partial charge in [0.25, 0.3) is 10.1 Å². The first kappa shape index (κ1) is 12.9. The lowest BCUT2D eigenvalue weighted by molar-refractivity contribution is 0.483. The maximum absolute atomic E-state index is 10.9. The fraction of sp³-hybridized carbons (Fsp3) is 0.